The first-order chi connectivity index (χ1) is 23.0. The van der Waals surface area contributed by atoms with E-state index in [1.807, 2.05) is 79.1 Å². The van der Waals surface area contributed by atoms with Crippen LogP contribution < -0.4 is 5.32 Å². The summed E-state index contributed by atoms with van der Waals surface area (Å²) in [7, 11) is 9.84. The zero-order valence-electron chi connectivity index (χ0n) is 31.0. The predicted molar refractivity (Wildman–Crippen MR) is 210 cm³/mol. The molecule has 4 aromatic rings. The van der Waals surface area contributed by atoms with Crippen LogP contribution in [-0.2, 0) is 13.0 Å². The maximum absolute atomic E-state index is 14.1. The molecule has 1 aliphatic rings. The van der Waals surface area contributed by atoms with Crippen molar-refractivity contribution in [2.24, 2.45) is 4.99 Å². The van der Waals surface area contributed by atoms with Crippen molar-refractivity contribution in [3.8, 4) is 0 Å². The minimum Gasteiger partial charge on any atom is -0.316 e. The monoisotopic (exact) mass is 671 g/mol. The third-order valence-electron chi connectivity index (χ3n) is 8.12. The van der Waals surface area contributed by atoms with Gasteiger partial charge in [-0.15, -0.1) is 17.9 Å². The molecule has 3 aromatic carbocycles. The number of rotatable bonds is 8. The van der Waals surface area contributed by atoms with Crippen LogP contribution in [0.3, 0.4) is 0 Å². The number of benzene rings is 3. The normalized spacial score (nSPS) is 16.2. The number of aryl methyl sites for hydroxylation is 3. The fraction of sp³-hybridized carbons (Fsp3) is 0.415. The first-order valence-electron chi connectivity index (χ1n) is 17.0. The van der Waals surface area contributed by atoms with Gasteiger partial charge in [0.2, 0.25) is 0 Å². The van der Waals surface area contributed by atoms with Crippen LogP contribution >= 0.6 is 11.3 Å². The summed E-state index contributed by atoms with van der Waals surface area (Å²) in [5.41, 5.74) is 8.62. The number of piperidine rings is 1. The van der Waals surface area contributed by atoms with Crippen LogP contribution in [0.25, 0.3) is 16.3 Å². The maximum Gasteiger partial charge on any atom is 0.127 e. The number of nitrogens with zero attached hydrogens (tertiary/aromatic N) is 4. The van der Waals surface area contributed by atoms with Gasteiger partial charge < -0.3 is 10.2 Å². The number of hydrogen-bond donors (Lipinski definition) is 1. The van der Waals surface area contributed by atoms with Crippen LogP contribution in [0.4, 0.5) is 4.39 Å². The molecule has 260 valence electrons. The van der Waals surface area contributed by atoms with E-state index >= 15 is 0 Å². The highest BCUT2D eigenvalue weighted by Gasteiger charge is 2.26. The van der Waals surface area contributed by atoms with E-state index in [0.29, 0.717) is 18.6 Å². The van der Waals surface area contributed by atoms with Gasteiger partial charge in [-0.05, 0) is 102 Å². The molecule has 1 aliphatic heterocycles. The molecule has 5 rings (SSSR count). The minimum atomic E-state index is -0.0845. The summed E-state index contributed by atoms with van der Waals surface area (Å²) in [6.45, 7) is 19.6. The molecular formula is C41H58FN5S. The molecule has 0 bridgehead atoms. The lowest BCUT2D eigenvalue weighted by Gasteiger charge is -2.38. The van der Waals surface area contributed by atoms with Crippen molar-refractivity contribution < 1.29 is 4.39 Å². The summed E-state index contributed by atoms with van der Waals surface area (Å²) in [6, 6.07) is 18.9. The third kappa shape index (κ3) is 11.6. The molecule has 1 N–H and O–H groups in total. The van der Waals surface area contributed by atoms with Crippen LogP contribution in [0, 0.1) is 19.7 Å². The highest BCUT2D eigenvalue weighted by atomic mass is 32.1. The lowest BCUT2D eigenvalue weighted by molar-refractivity contribution is 0.143. The van der Waals surface area contributed by atoms with Gasteiger partial charge in [0.25, 0.3) is 0 Å². The Hall–Kier alpha value is -3.49. The molecule has 0 amide bonds. The van der Waals surface area contributed by atoms with E-state index in [4.69, 9.17) is 0 Å². The Morgan fingerprint density at radius 3 is 2.40 bits per heavy atom. The molecule has 7 heteroatoms. The second kappa shape index (κ2) is 20.8. The topological polar surface area (TPSA) is 43.8 Å². The Balaban J connectivity index is 0.000000288. The van der Waals surface area contributed by atoms with Crippen molar-refractivity contribution >= 4 is 33.3 Å². The van der Waals surface area contributed by atoms with Gasteiger partial charge in [0, 0.05) is 48.9 Å². The Morgan fingerprint density at radius 2 is 1.79 bits per heavy atom. The van der Waals surface area contributed by atoms with Crippen LogP contribution in [0.5, 0.6) is 0 Å². The summed E-state index contributed by atoms with van der Waals surface area (Å²) in [4.78, 5) is 13.4. The van der Waals surface area contributed by atoms with Crippen molar-refractivity contribution in [1.82, 2.24) is 20.1 Å². The Morgan fingerprint density at radius 1 is 1.08 bits per heavy atom. The summed E-state index contributed by atoms with van der Waals surface area (Å²) >= 11 is 1.72. The second-order valence-corrected chi connectivity index (χ2v) is 13.4. The molecule has 1 aromatic heterocycles. The average molecular weight is 672 g/mol. The number of nitrogens with one attached hydrogen (secondary N) is 1. The molecule has 0 saturated carbocycles. The van der Waals surface area contributed by atoms with E-state index in [1.165, 1.54) is 10.3 Å². The smallest absolute Gasteiger partial charge is 0.127 e. The summed E-state index contributed by atoms with van der Waals surface area (Å²) < 4.78 is 15.3. The standard InChI is InChI=1S/C19H18N2S.C17H25FN2.C3H9N.C2H6/c1-5-14-7-6-12(2)16(10-14)19(20-4)15-8-9-17-18(11-15)22-13(3)21-17;1-4-13-7-6-8-17(18)16(13)12-20-11-14(19-3)9-10-15(20)5-2;1-4(2)3;1-2/h5-11H,1H2,2-4H3;5-8,14-15,19H,2,4,9-12H2,1,3H3;1-3H3;1-2H3/t;14-,15?;;/m.1../s1. The van der Waals surface area contributed by atoms with Gasteiger partial charge in [-0.1, -0.05) is 69.8 Å². The van der Waals surface area contributed by atoms with Crippen LogP contribution in [0.2, 0.25) is 0 Å². The molecule has 48 heavy (non-hydrogen) atoms. The number of thiazole rings is 1. The average Bonchev–Trinajstić information content (AvgIpc) is 3.47. The van der Waals surface area contributed by atoms with Gasteiger partial charge >= 0.3 is 0 Å². The largest absolute Gasteiger partial charge is 0.316 e. The molecule has 0 aliphatic carbocycles. The second-order valence-electron chi connectivity index (χ2n) is 12.1. The Bertz CT molecular complexity index is 1620. The summed E-state index contributed by atoms with van der Waals surface area (Å²) in [6.07, 6.45) is 6.98. The van der Waals surface area contributed by atoms with Gasteiger partial charge in [-0.3, -0.25) is 9.89 Å². The molecule has 2 atom stereocenters. The van der Waals surface area contributed by atoms with E-state index < -0.39 is 0 Å². The Kier molecular flexibility index (Phi) is 17.6. The molecule has 1 unspecified atom stereocenters. The number of aliphatic imine (C=N–C) groups is 1. The van der Waals surface area contributed by atoms with Crippen molar-refractivity contribution in [3.63, 3.8) is 0 Å². The third-order valence-corrected chi connectivity index (χ3v) is 9.05. The summed E-state index contributed by atoms with van der Waals surface area (Å²) in [5.74, 6) is -0.0845. The van der Waals surface area contributed by atoms with Gasteiger partial charge in [0.1, 0.15) is 5.82 Å². The van der Waals surface area contributed by atoms with E-state index in [2.05, 4.69) is 83.6 Å². The highest BCUT2D eigenvalue weighted by molar-refractivity contribution is 7.18. The molecule has 5 nitrogen and oxygen atoms in total. The minimum absolute atomic E-state index is 0.0845. The molecule has 1 saturated heterocycles. The molecular weight excluding hydrogens is 614 g/mol. The number of fused-ring (bicyclic) bond motifs is 1. The quantitative estimate of drug-likeness (QED) is 0.150. The first-order valence-corrected chi connectivity index (χ1v) is 17.9. The molecule has 2 heterocycles. The fourth-order valence-electron chi connectivity index (χ4n) is 5.68. The van der Waals surface area contributed by atoms with Crippen molar-refractivity contribution in [1.29, 1.82) is 0 Å². The zero-order chi connectivity index (χ0) is 35.8. The number of likely N-dealkylation sites (tertiary alicyclic amines) is 1. The van der Waals surface area contributed by atoms with Gasteiger partial charge in [-0.2, -0.15) is 0 Å². The molecule has 1 fully saturated rings. The number of hydrogen-bond acceptors (Lipinski definition) is 6. The predicted octanol–water partition coefficient (Wildman–Crippen LogP) is 9.35. The van der Waals surface area contributed by atoms with Crippen LogP contribution in [-0.4, -0.2) is 74.4 Å². The highest BCUT2D eigenvalue weighted by Crippen LogP contribution is 2.26. The van der Waals surface area contributed by atoms with Crippen molar-refractivity contribution in [2.45, 2.75) is 72.5 Å². The number of aromatic nitrogens is 1. The van der Waals surface area contributed by atoms with Gasteiger partial charge in [0.15, 0.2) is 0 Å². The maximum atomic E-state index is 14.1. The Labute approximate surface area is 294 Å². The van der Waals surface area contributed by atoms with Crippen LogP contribution in [0.15, 0.2) is 78.8 Å². The molecule has 0 radical (unpaired) electrons. The van der Waals surface area contributed by atoms with Crippen molar-refractivity contribution in [2.75, 3.05) is 41.8 Å². The van der Waals surface area contributed by atoms with Crippen LogP contribution in [0.1, 0.15) is 72.0 Å². The lowest BCUT2D eigenvalue weighted by atomic mass is 9.96. The first kappa shape index (κ1) is 40.7. The number of halogens is 1. The van der Waals surface area contributed by atoms with Crippen molar-refractivity contribution in [3.05, 3.63) is 118 Å². The van der Waals surface area contributed by atoms with E-state index in [0.717, 1.165) is 69.9 Å². The SMILES string of the molecule is C=CC1CC[C@@H](NC)CN1Cc1c(F)cccc1CC.C=Cc1ccc(C)c(C(=NC)c2ccc3nc(C)sc3c2)c1.CC.CN(C)C. The number of likely N-dealkylation sites (N-methyl/N-ethyl adjacent to an activating group) is 1. The fourth-order valence-corrected chi connectivity index (χ4v) is 6.54. The van der Waals surface area contributed by atoms with E-state index in [-0.39, 0.29) is 5.82 Å². The van der Waals surface area contributed by atoms with E-state index in [9.17, 15) is 4.39 Å². The van der Waals surface area contributed by atoms with Gasteiger partial charge in [0.05, 0.1) is 20.9 Å². The lowest BCUT2D eigenvalue weighted by Crippen LogP contribution is -2.48. The van der Waals surface area contributed by atoms with Gasteiger partial charge in [-0.25, -0.2) is 9.37 Å². The van der Waals surface area contributed by atoms with E-state index in [1.54, 1.807) is 23.5 Å². The summed E-state index contributed by atoms with van der Waals surface area (Å²) in [5, 5.41) is 4.43. The zero-order valence-corrected chi connectivity index (χ0v) is 31.8. The molecule has 0 spiro atoms.